The Morgan fingerprint density at radius 2 is 1.10 bits per heavy atom. The molecule has 0 bridgehead atoms. The fourth-order valence-electron chi connectivity index (χ4n) is 1.36. The van der Waals surface area contributed by atoms with Crippen molar-refractivity contribution in [1.82, 2.24) is 0 Å². The molecule has 6 nitrogen and oxygen atoms in total. The van der Waals surface area contributed by atoms with Crippen LogP contribution in [0.5, 0.6) is 0 Å². The number of hydrogen-bond acceptors (Lipinski definition) is 6. The number of benzene rings is 1. The standard InChI is InChI=1S/C14H6N4O2/c15-5-11(6-16)13(19)9-2-1-3-10(4-9)14(20)12(7-17)8-18/h1-4,19-20H. The van der Waals surface area contributed by atoms with Crippen LogP contribution in [0.1, 0.15) is 11.1 Å². The lowest BCUT2D eigenvalue weighted by Gasteiger charge is -2.04. The maximum atomic E-state index is 9.75. The normalized spacial score (nSPS) is 8.20. The van der Waals surface area contributed by atoms with Gasteiger partial charge in [-0.05, 0) is 6.07 Å². The van der Waals surface area contributed by atoms with Crippen LogP contribution in [0.3, 0.4) is 0 Å². The summed E-state index contributed by atoms with van der Waals surface area (Å²) >= 11 is 0. The lowest BCUT2D eigenvalue weighted by Crippen LogP contribution is -1.92. The van der Waals surface area contributed by atoms with Crippen molar-refractivity contribution >= 4 is 11.5 Å². The number of nitrogens with zero attached hydrogens (tertiary/aromatic N) is 4. The molecular formula is C14H6N4O2. The molecule has 1 aromatic rings. The summed E-state index contributed by atoms with van der Waals surface area (Å²) in [5.74, 6) is -1.08. The van der Waals surface area contributed by atoms with E-state index in [4.69, 9.17) is 21.0 Å². The number of aliphatic hydroxyl groups excluding tert-OH is 2. The van der Waals surface area contributed by atoms with Crippen LogP contribution in [-0.2, 0) is 0 Å². The molecule has 2 N–H and O–H groups in total. The molecule has 0 saturated heterocycles. The Bertz CT molecular complexity index is 682. The summed E-state index contributed by atoms with van der Waals surface area (Å²) in [6, 6.07) is 11.7. The molecule has 94 valence electrons. The summed E-state index contributed by atoms with van der Waals surface area (Å²) in [5.41, 5.74) is -0.734. The quantitative estimate of drug-likeness (QED) is 0.619. The van der Waals surface area contributed by atoms with Gasteiger partial charge >= 0.3 is 0 Å². The second-order valence-electron chi connectivity index (χ2n) is 3.48. The van der Waals surface area contributed by atoms with Crippen LogP contribution in [0.25, 0.3) is 11.5 Å². The Morgan fingerprint density at radius 3 is 1.40 bits per heavy atom. The minimum absolute atomic E-state index is 0.113. The van der Waals surface area contributed by atoms with E-state index in [0.29, 0.717) is 0 Å². The largest absolute Gasteiger partial charge is 0.505 e. The van der Waals surface area contributed by atoms with Crippen molar-refractivity contribution in [3.8, 4) is 24.3 Å². The van der Waals surface area contributed by atoms with Crippen molar-refractivity contribution < 1.29 is 10.2 Å². The van der Waals surface area contributed by atoms with Gasteiger partial charge in [-0.25, -0.2) is 0 Å². The van der Waals surface area contributed by atoms with Gasteiger partial charge in [0.05, 0.1) is 0 Å². The number of aliphatic hydroxyl groups is 2. The predicted octanol–water partition coefficient (Wildman–Crippen LogP) is 2.32. The van der Waals surface area contributed by atoms with Gasteiger partial charge in [0.1, 0.15) is 24.3 Å². The van der Waals surface area contributed by atoms with Crippen LogP contribution in [0.2, 0.25) is 0 Å². The first-order valence-electron chi connectivity index (χ1n) is 5.16. The van der Waals surface area contributed by atoms with E-state index in [1.807, 2.05) is 0 Å². The fraction of sp³-hybridized carbons (Fsp3) is 0. The molecule has 6 heteroatoms. The molecule has 0 saturated carbocycles. The minimum Gasteiger partial charge on any atom is -0.505 e. The highest BCUT2D eigenvalue weighted by Gasteiger charge is 2.11. The lowest BCUT2D eigenvalue weighted by atomic mass is 10.0. The first-order valence-corrected chi connectivity index (χ1v) is 5.16. The number of nitriles is 4. The van der Waals surface area contributed by atoms with Gasteiger partial charge in [-0.2, -0.15) is 21.0 Å². The third-order valence-electron chi connectivity index (χ3n) is 2.33. The average molecular weight is 262 g/mol. The summed E-state index contributed by atoms with van der Waals surface area (Å²) in [5, 5.41) is 54.2. The van der Waals surface area contributed by atoms with Gasteiger partial charge in [-0.15, -0.1) is 0 Å². The zero-order chi connectivity index (χ0) is 15.1. The van der Waals surface area contributed by atoms with Gasteiger partial charge in [0.25, 0.3) is 0 Å². The summed E-state index contributed by atoms with van der Waals surface area (Å²) in [7, 11) is 0. The van der Waals surface area contributed by atoms with Gasteiger partial charge < -0.3 is 10.2 Å². The molecule has 0 aliphatic heterocycles. The van der Waals surface area contributed by atoms with Crippen LogP contribution in [-0.4, -0.2) is 10.2 Å². The van der Waals surface area contributed by atoms with Crippen LogP contribution >= 0.6 is 0 Å². The topological polar surface area (TPSA) is 136 Å². The third-order valence-corrected chi connectivity index (χ3v) is 2.33. The maximum Gasteiger partial charge on any atom is 0.171 e. The highest BCUT2D eigenvalue weighted by molar-refractivity contribution is 5.75. The molecule has 0 unspecified atom stereocenters. The number of hydrogen-bond donors (Lipinski definition) is 2. The summed E-state index contributed by atoms with van der Waals surface area (Å²) in [6.07, 6.45) is 0. The smallest absolute Gasteiger partial charge is 0.171 e. The molecule has 0 radical (unpaired) electrons. The molecule has 0 aromatic heterocycles. The van der Waals surface area contributed by atoms with Crippen LogP contribution < -0.4 is 0 Å². The Morgan fingerprint density at radius 1 is 0.750 bits per heavy atom. The Hall–Kier alpha value is -3.74. The van der Waals surface area contributed by atoms with E-state index in [1.165, 1.54) is 48.5 Å². The number of rotatable bonds is 2. The summed E-state index contributed by atoms with van der Waals surface area (Å²) in [4.78, 5) is 0. The molecule has 0 heterocycles. The van der Waals surface area contributed by atoms with E-state index in [2.05, 4.69) is 0 Å². The maximum absolute atomic E-state index is 9.75. The Labute approximate surface area is 114 Å². The summed E-state index contributed by atoms with van der Waals surface area (Å²) < 4.78 is 0. The molecule has 1 rings (SSSR count). The van der Waals surface area contributed by atoms with E-state index in [9.17, 15) is 10.2 Å². The van der Waals surface area contributed by atoms with Gasteiger partial charge in [-0.1, -0.05) is 18.2 Å². The van der Waals surface area contributed by atoms with Crippen molar-refractivity contribution in [2.45, 2.75) is 0 Å². The summed E-state index contributed by atoms with van der Waals surface area (Å²) in [6.45, 7) is 0. The van der Waals surface area contributed by atoms with Crippen molar-refractivity contribution in [1.29, 1.82) is 21.0 Å². The zero-order valence-corrected chi connectivity index (χ0v) is 9.99. The van der Waals surface area contributed by atoms with Gasteiger partial charge in [0, 0.05) is 11.1 Å². The first-order chi connectivity index (χ1) is 9.58. The molecule has 0 aliphatic carbocycles. The highest BCUT2D eigenvalue weighted by atomic mass is 16.3. The Balaban J connectivity index is 3.47. The number of allylic oxidation sites excluding steroid dienone is 2. The van der Waals surface area contributed by atoms with Crippen LogP contribution in [0.15, 0.2) is 35.4 Å². The Kier molecular flexibility index (Phi) is 4.48. The molecule has 20 heavy (non-hydrogen) atoms. The highest BCUT2D eigenvalue weighted by Crippen LogP contribution is 2.21. The van der Waals surface area contributed by atoms with Crippen molar-refractivity contribution in [2.24, 2.45) is 0 Å². The predicted molar refractivity (Wildman–Crippen MR) is 68.0 cm³/mol. The van der Waals surface area contributed by atoms with Gasteiger partial charge in [0.15, 0.2) is 22.7 Å². The van der Waals surface area contributed by atoms with Crippen LogP contribution in [0, 0.1) is 45.3 Å². The van der Waals surface area contributed by atoms with E-state index >= 15 is 0 Å². The van der Waals surface area contributed by atoms with Gasteiger partial charge in [0.2, 0.25) is 0 Å². The second kappa shape index (κ2) is 6.26. The molecule has 1 aromatic carbocycles. The van der Waals surface area contributed by atoms with E-state index in [0.717, 1.165) is 0 Å². The van der Waals surface area contributed by atoms with E-state index in [-0.39, 0.29) is 11.1 Å². The minimum atomic E-state index is -0.542. The SMILES string of the molecule is N#CC(C#N)=C(O)c1cccc(C(O)=C(C#N)C#N)c1. The molecule has 0 fully saturated rings. The second-order valence-corrected chi connectivity index (χ2v) is 3.48. The average Bonchev–Trinajstić information content (AvgIpc) is 2.49. The monoisotopic (exact) mass is 262 g/mol. The van der Waals surface area contributed by atoms with Crippen molar-refractivity contribution in [3.63, 3.8) is 0 Å². The van der Waals surface area contributed by atoms with Crippen molar-refractivity contribution in [3.05, 3.63) is 46.5 Å². The fourth-order valence-corrected chi connectivity index (χ4v) is 1.36. The lowest BCUT2D eigenvalue weighted by molar-refractivity contribution is 0.507. The van der Waals surface area contributed by atoms with Gasteiger partial charge in [-0.3, -0.25) is 0 Å². The molecule has 0 atom stereocenters. The van der Waals surface area contributed by atoms with E-state index < -0.39 is 22.7 Å². The molecule has 0 spiro atoms. The first kappa shape index (κ1) is 14.3. The van der Waals surface area contributed by atoms with Crippen LogP contribution in [0.4, 0.5) is 0 Å². The third kappa shape index (κ3) is 2.74. The van der Waals surface area contributed by atoms with E-state index in [1.54, 1.807) is 0 Å². The molecule has 0 amide bonds. The molecule has 0 aliphatic rings. The molecular weight excluding hydrogens is 256 g/mol. The zero-order valence-electron chi connectivity index (χ0n) is 9.99. The van der Waals surface area contributed by atoms with Crippen molar-refractivity contribution in [2.75, 3.05) is 0 Å².